The molecule has 0 atom stereocenters. The summed E-state index contributed by atoms with van der Waals surface area (Å²) in [6.07, 6.45) is 1.47. The Morgan fingerprint density at radius 3 is 2.57 bits per heavy atom. The number of aromatic nitrogens is 2. The van der Waals surface area contributed by atoms with E-state index in [2.05, 4.69) is 21.0 Å². The fraction of sp³-hybridized carbons (Fsp3) is 0.267. The molecular formula is C15H15BrFN3O3. The van der Waals surface area contributed by atoms with Crippen LogP contribution in [0, 0.1) is 5.82 Å². The maximum Gasteiger partial charge on any atom is 0.305 e. The average molecular weight is 384 g/mol. The quantitative estimate of drug-likeness (QED) is 0.831. The summed E-state index contributed by atoms with van der Waals surface area (Å²) in [5.74, 6) is -1.68. The van der Waals surface area contributed by atoms with Crippen molar-refractivity contribution in [2.45, 2.75) is 13.3 Å². The van der Waals surface area contributed by atoms with Gasteiger partial charge in [0.1, 0.15) is 5.82 Å². The summed E-state index contributed by atoms with van der Waals surface area (Å²) in [4.78, 5) is 24.6. The number of aliphatic carboxylic acids is 1. The molecule has 0 spiro atoms. The molecule has 122 valence electrons. The number of carbonyl (C=O) groups excluding carboxylic acids is 1. The van der Waals surface area contributed by atoms with Crippen molar-refractivity contribution in [2.75, 3.05) is 13.1 Å². The molecule has 6 nitrogen and oxygen atoms in total. The van der Waals surface area contributed by atoms with E-state index in [-0.39, 0.29) is 30.4 Å². The number of hydrogen-bond donors (Lipinski definition) is 1. The Morgan fingerprint density at radius 1 is 1.35 bits per heavy atom. The van der Waals surface area contributed by atoms with Gasteiger partial charge in [-0.25, -0.2) is 9.07 Å². The topological polar surface area (TPSA) is 75.4 Å². The number of benzene rings is 1. The van der Waals surface area contributed by atoms with Crippen molar-refractivity contribution in [3.8, 4) is 5.69 Å². The van der Waals surface area contributed by atoms with Gasteiger partial charge in [-0.05, 0) is 47.1 Å². The smallest absolute Gasteiger partial charge is 0.305 e. The minimum Gasteiger partial charge on any atom is -0.481 e. The number of rotatable bonds is 6. The van der Waals surface area contributed by atoms with E-state index in [4.69, 9.17) is 5.11 Å². The fourth-order valence-corrected chi connectivity index (χ4v) is 2.45. The fourth-order valence-electron chi connectivity index (χ4n) is 2.01. The molecule has 0 bridgehead atoms. The molecule has 1 heterocycles. The lowest BCUT2D eigenvalue weighted by molar-refractivity contribution is -0.137. The lowest BCUT2D eigenvalue weighted by atomic mass is 10.3. The van der Waals surface area contributed by atoms with Gasteiger partial charge in [-0.1, -0.05) is 0 Å². The highest BCUT2D eigenvalue weighted by Crippen LogP contribution is 2.20. The molecule has 2 rings (SSSR count). The highest BCUT2D eigenvalue weighted by Gasteiger charge is 2.21. The predicted octanol–water partition coefficient (Wildman–Crippen LogP) is 2.71. The van der Waals surface area contributed by atoms with Crippen LogP contribution < -0.4 is 0 Å². The van der Waals surface area contributed by atoms with Gasteiger partial charge in [0.15, 0.2) is 5.69 Å². The zero-order valence-corrected chi connectivity index (χ0v) is 14.0. The normalized spacial score (nSPS) is 10.6. The van der Waals surface area contributed by atoms with Gasteiger partial charge >= 0.3 is 5.97 Å². The summed E-state index contributed by atoms with van der Waals surface area (Å²) in [7, 11) is 0. The van der Waals surface area contributed by atoms with Gasteiger partial charge in [0.25, 0.3) is 5.91 Å². The molecule has 23 heavy (non-hydrogen) atoms. The van der Waals surface area contributed by atoms with Crippen molar-refractivity contribution in [1.29, 1.82) is 0 Å². The Balaban J connectivity index is 2.24. The second kappa shape index (κ2) is 7.36. The van der Waals surface area contributed by atoms with Crippen molar-refractivity contribution in [3.05, 3.63) is 46.4 Å². The SMILES string of the molecule is CCN(CCC(=O)O)C(=O)c1nn(-c2ccc(F)cc2)cc1Br. The van der Waals surface area contributed by atoms with Gasteiger partial charge in [-0.3, -0.25) is 9.59 Å². The van der Waals surface area contributed by atoms with Crippen LogP contribution in [-0.4, -0.2) is 44.8 Å². The number of nitrogens with zero attached hydrogens (tertiary/aromatic N) is 3. The molecule has 0 saturated heterocycles. The van der Waals surface area contributed by atoms with Gasteiger partial charge in [-0.2, -0.15) is 5.10 Å². The Morgan fingerprint density at radius 2 is 2.00 bits per heavy atom. The monoisotopic (exact) mass is 383 g/mol. The van der Waals surface area contributed by atoms with E-state index in [0.29, 0.717) is 16.7 Å². The third-order valence-electron chi connectivity index (χ3n) is 3.23. The minimum atomic E-state index is -0.966. The summed E-state index contributed by atoms with van der Waals surface area (Å²) in [5.41, 5.74) is 0.793. The number of amides is 1. The van der Waals surface area contributed by atoms with E-state index in [1.165, 1.54) is 21.7 Å². The number of carboxylic acid groups (broad SMARTS) is 1. The van der Waals surface area contributed by atoms with Crippen LogP contribution in [0.2, 0.25) is 0 Å². The Hall–Kier alpha value is -2.22. The molecule has 0 radical (unpaired) electrons. The van der Waals surface area contributed by atoms with Crippen LogP contribution >= 0.6 is 15.9 Å². The number of halogens is 2. The van der Waals surface area contributed by atoms with Crippen LogP contribution in [0.3, 0.4) is 0 Å². The second-order valence-corrected chi connectivity index (χ2v) is 5.63. The summed E-state index contributed by atoms with van der Waals surface area (Å²) in [6.45, 7) is 2.26. The summed E-state index contributed by atoms with van der Waals surface area (Å²) in [5, 5.41) is 13.0. The maximum atomic E-state index is 13.0. The number of carbonyl (C=O) groups is 2. The molecule has 0 saturated carbocycles. The molecule has 0 fully saturated rings. The zero-order chi connectivity index (χ0) is 17.0. The average Bonchev–Trinajstić information content (AvgIpc) is 2.90. The van der Waals surface area contributed by atoms with Gasteiger partial charge < -0.3 is 10.0 Å². The Kier molecular flexibility index (Phi) is 5.49. The van der Waals surface area contributed by atoms with E-state index in [9.17, 15) is 14.0 Å². The first-order chi connectivity index (χ1) is 10.9. The van der Waals surface area contributed by atoms with E-state index in [1.807, 2.05) is 0 Å². The van der Waals surface area contributed by atoms with E-state index in [1.54, 1.807) is 25.3 Å². The zero-order valence-electron chi connectivity index (χ0n) is 12.4. The molecule has 8 heteroatoms. The highest BCUT2D eigenvalue weighted by atomic mass is 79.9. The molecule has 1 amide bonds. The molecule has 1 aromatic carbocycles. The third-order valence-corrected chi connectivity index (χ3v) is 3.81. The number of carboxylic acids is 1. The third kappa shape index (κ3) is 4.16. The molecule has 0 aliphatic carbocycles. The van der Waals surface area contributed by atoms with Crippen LogP contribution in [0.4, 0.5) is 4.39 Å². The molecule has 0 unspecified atom stereocenters. The molecule has 2 aromatic rings. The standard InChI is InChI=1S/C15H15BrFN3O3/c1-2-19(8-7-13(21)22)15(23)14-12(16)9-20(18-14)11-5-3-10(17)4-6-11/h3-6,9H,2,7-8H2,1H3,(H,21,22). The van der Waals surface area contributed by atoms with E-state index in [0.717, 1.165) is 0 Å². The van der Waals surface area contributed by atoms with Crippen molar-refractivity contribution in [3.63, 3.8) is 0 Å². The summed E-state index contributed by atoms with van der Waals surface area (Å²) < 4.78 is 14.9. The van der Waals surface area contributed by atoms with Gasteiger partial charge in [-0.15, -0.1) is 0 Å². The first-order valence-electron chi connectivity index (χ1n) is 6.94. The lowest BCUT2D eigenvalue weighted by Crippen LogP contribution is -2.33. The molecular weight excluding hydrogens is 369 g/mol. The van der Waals surface area contributed by atoms with Crippen LogP contribution in [-0.2, 0) is 4.79 Å². The van der Waals surface area contributed by atoms with Gasteiger partial charge in [0.2, 0.25) is 0 Å². The van der Waals surface area contributed by atoms with Crippen LogP contribution in [0.5, 0.6) is 0 Å². The maximum absolute atomic E-state index is 13.0. The molecule has 0 aliphatic heterocycles. The van der Waals surface area contributed by atoms with Crippen molar-refractivity contribution in [1.82, 2.24) is 14.7 Å². The van der Waals surface area contributed by atoms with Gasteiger partial charge in [0.05, 0.1) is 16.6 Å². The van der Waals surface area contributed by atoms with E-state index < -0.39 is 5.97 Å². The second-order valence-electron chi connectivity index (χ2n) is 4.78. The first-order valence-corrected chi connectivity index (χ1v) is 7.73. The number of hydrogen-bond acceptors (Lipinski definition) is 3. The lowest BCUT2D eigenvalue weighted by Gasteiger charge is -2.18. The molecule has 1 aromatic heterocycles. The van der Waals surface area contributed by atoms with Crippen molar-refractivity contribution < 1.29 is 19.1 Å². The highest BCUT2D eigenvalue weighted by molar-refractivity contribution is 9.10. The van der Waals surface area contributed by atoms with Crippen molar-refractivity contribution in [2.24, 2.45) is 0 Å². The van der Waals surface area contributed by atoms with Gasteiger partial charge in [0, 0.05) is 19.3 Å². The van der Waals surface area contributed by atoms with Crippen LogP contribution in [0.15, 0.2) is 34.9 Å². The Bertz CT molecular complexity index is 715. The van der Waals surface area contributed by atoms with Crippen LogP contribution in [0.25, 0.3) is 5.69 Å². The summed E-state index contributed by atoms with van der Waals surface area (Å²) >= 11 is 3.29. The summed E-state index contributed by atoms with van der Waals surface area (Å²) in [6, 6.07) is 5.70. The predicted molar refractivity (Wildman–Crippen MR) is 85.1 cm³/mol. The molecule has 1 N–H and O–H groups in total. The Labute approximate surface area is 140 Å². The van der Waals surface area contributed by atoms with E-state index >= 15 is 0 Å². The first kappa shape index (κ1) is 17.1. The largest absolute Gasteiger partial charge is 0.481 e. The minimum absolute atomic E-state index is 0.112. The van der Waals surface area contributed by atoms with Crippen molar-refractivity contribution >= 4 is 27.8 Å². The van der Waals surface area contributed by atoms with Crippen LogP contribution in [0.1, 0.15) is 23.8 Å². The molecule has 0 aliphatic rings.